The Balaban J connectivity index is 2.68. The second-order valence-corrected chi connectivity index (χ2v) is 2.85. The highest BCUT2D eigenvalue weighted by Crippen LogP contribution is 2.13. The number of ether oxygens (including phenoxy) is 1. The molecule has 66 valence electrons. The van der Waals surface area contributed by atoms with Gasteiger partial charge in [-0.15, -0.1) is 4.73 Å². The molecule has 0 amide bonds. The van der Waals surface area contributed by atoms with Gasteiger partial charge in [0, 0.05) is 13.5 Å². The first-order valence-electron chi connectivity index (χ1n) is 3.78. The zero-order chi connectivity index (χ0) is 8.72. The lowest BCUT2D eigenvalue weighted by Gasteiger charge is -2.12. The van der Waals surface area contributed by atoms with Gasteiger partial charge in [0.2, 0.25) is 0 Å². The molecule has 0 bridgehead atoms. The van der Waals surface area contributed by atoms with Gasteiger partial charge in [-0.25, -0.2) is 4.79 Å². The second kappa shape index (κ2) is 2.38. The minimum atomic E-state index is -0.398. The van der Waals surface area contributed by atoms with E-state index in [4.69, 9.17) is 4.74 Å². The summed E-state index contributed by atoms with van der Waals surface area (Å²) in [5, 5.41) is 9.29. The Labute approximate surface area is 68.8 Å². The molecule has 1 aromatic heterocycles. The number of aromatic nitrogens is 2. The molecule has 0 aromatic carbocycles. The van der Waals surface area contributed by atoms with E-state index < -0.39 is 5.69 Å². The van der Waals surface area contributed by atoms with Crippen LogP contribution in [0.3, 0.4) is 0 Å². The van der Waals surface area contributed by atoms with Gasteiger partial charge in [0.1, 0.15) is 0 Å². The van der Waals surface area contributed by atoms with Crippen LogP contribution in [0.1, 0.15) is 11.4 Å². The zero-order valence-electron chi connectivity index (χ0n) is 6.78. The van der Waals surface area contributed by atoms with E-state index in [1.807, 2.05) is 0 Å². The molecule has 0 fully saturated rings. The Morgan fingerprint density at radius 1 is 1.50 bits per heavy atom. The number of hydrogen-bond acceptors (Lipinski definition) is 3. The Bertz CT molecular complexity index is 331. The van der Waals surface area contributed by atoms with E-state index >= 15 is 0 Å². The molecule has 1 aliphatic heterocycles. The van der Waals surface area contributed by atoms with Crippen LogP contribution < -0.4 is 5.69 Å². The van der Waals surface area contributed by atoms with Gasteiger partial charge in [-0.05, 0) is 0 Å². The highest BCUT2D eigenvalue weighted by Gasteiger charge is 2.20. The summed E-state index contributed by atoms with van der Waals surface area (Å²) in [6.07, 6.45) is 0.599. The fraction of sp³-hybridized carbons (Fsp3) is 0.571. The largest absolute Gasteiger partial charge is 0.424 e. The maximum absolute atomic E-state index is 11.2. The Kier molecular flexibility index (Phi) is 1.47. The molecule has 0 saturated carbocycles. The summed E-state index contributed by atoms with van der Waals surface area (Å²) in [6.45, 7) is 0.978. The number of rotatable bonds is 0. The molecule has 0 radical (unpaired) electrons. The Morgan fingerprint density at radius 3 is 2.92 bits per heavy atom. The van der Waals surface area contributed by atoms with Crippen LogP contribution in [-0.2, 0) is 24.8 Å². The van der Waals surface area contributed by atoms with Crippen LogP contribution >= 0.6 is 0 Å². The van der Waals surface area contributed by atoms with Crippen molar-refractivity contribution in [2.45, 2.75) is 13.0 Å². The minimum Gasteiger partial charge on any atom is -0.424 e. The average molecular weight is 170 g/mol. The zero-order valence-corrected chi connectivity index (χ0v) is 6.78. The summed E-state index contributed by atoms with van der Waals surface area (Å²) in [4.78, 5) is 11.2. The summed E-state index contributed by atoms with van der Waals surface area (Å²) in [7, 11) is 1.63. The maximum atomic E-state index is 11.2. The fourth-order valence-electron chi connectivity index (χ4n) is 1.46. The van der Waals surface area contributed by atoms with E-state index in [1.165, 1.54) is 4.57 Å². The molecule has 2 rings (SSSR count). The SMILES string of the molecule is Cn1c2c(n(O)c1=O)CCOC2. The van der Waals surface area contributed by atoms with Crippen molar-refractivity contribution in [3.05, 3.63) is 21.9 Å². The van der Waals surface area contributed by atoms with Crippen molar-refractivity contribution >= 4 is 0 Å². The van der Waals surface area contributed by atoms with Gasteiger partial charge in [-0.3, -0.25) is 4.57 Å². The average Bonchev–Trinajstić information content (AvgIpc) is 2.33. The highest BCUT2D eigenvalue weighted by molar-refractivity contribution is 5.15. The predicted molar refractivity (Wildman–Crippen MR) is 40.2 cm³/mol. The first-order chi connectivity index (χ1) is 5.72. The maximum Gasteiger partial charge on any atom is 0.361 e. The molecule has 1 N–H and O–H groups in total. The summed E-state index contributed by atoms with van der Waals surface area (Å²) in [5.74, 6) is 0. The molecule has 12 heavy (non-hydrogen) atoms. The standard InChI is InChI=1S/C7H10N2O3/c1-8-6-4-12-3-2-5(6)9(11)7(8)10/h11H,2-4H2,1H3. The van der Waals surface area contributed by atoms with Crippen LogP contribution in [0.25, 0.3) is 0 Å². The van der Waals surface area contributed by atoms with E-state index in [0.29, 0.717) is 30.1 Å². The molecule has 0 aliphatic carbocycles. The molecular weight excluding hydrogens is 160 g/mol. The lowest BCUT2D eigenvalue weighted by molar-refractivity contribution is 0.0934. The van der Waals surface area contributed by atoms with Gasteiger partial charge >= 0.3 is 5.69 Å². The van der Waals surface area contributed by atoms with Gasteiger partial charge in [-0.2, -0.15) is 0 Å². The third kappa shape index (κ3) is 0.797. The van der Waals surface area contributed by atoms with Crippen molar-refractivity contribution < 1.29 is 9.94 Å². The van der Waals surface area contributed by atoms with Crippen LogP contribution in [0, 0.1) is 0 Å². The van der Waals surface area contributed by atoms with Crippen LogP contribution in [0.4, 0.5) is 0 Å². The quantitative estimate of drug-likeness (QED) is 0.534. The topological polar surface area (TPSA) is 56.4 Å². The Hall–Kier alpha value is -1.23. The minimum absolute atomic E-state index is 0.398. The van der Waals surface area contributed by atoms with E-state index in [-0.39, 0.29) is 0 Å². The lowest BCUT2D eigenvalue weighted by Crippen LogP contribution is -2.21. The number of fused-ring (bicyclic) bond motifs is 1. The van der Waals surface area contributed by atoms with Crippen molar-refractivity contribution in [3.63, 3.8) is 0 Å². The molecule has 1 aliphatic rings. The first-order valence-corrected chi connectivity index (χ1v) is 3.78. The summed E-state index contributed by atoms with van der Waals surface area (Å²) < 4.78 is 7.28. The molecule has 1 aromatic rings. The van der Waals surface area contributed by atoms with Gasteiger partial charge in [0.15, 0.2) is 0 Å². The molecule has 2 heterocycles. The van der Waals surface area contributed by atoms with Gasteiger partial charge in [-0.1, -0.05) is 0 Å². The van der Waals surface area contributed by atoms with Crippen LogP contribution in [0.5, 0.6) is 0 Å². The third-order valence-corrected chi connectivity index (χ3v) is 2.18. The molecule has 0 unspecified atom stereocenters. The third-order valence-electron chi connectivity index (χ3n) is 2.18. The van der Waals surface area contributed by atoms with E-state index in [1.54, 1.807) is 7.05 Å². The molecule has 0 saturated heterocycles. The van der Waals surface area contributed by atoms with Crippen LogP contribution in [-0.4, -0.2) is 21.1 Å². The summed E-state index contributed by atoms with van der Waals surface area (Å²) >= 11 is 0. The monoisotopic (exact) mass is 170 g/mol. The van der Waals surface area contributed by atoms with Crippen molar-refractivity contribution in [2.75, 3.05) is 6.61 Å². The van der Waals surface area contributed by atoms with E-state index in [2.05, 4.69) is 0 Å². The van der Waals surface area contributed by atoms with Crippen molar-refractivity contribution in [3.8, 4) is 0 Å². The highest BCUT2D eigenvalue weighted by atomic mass is 16.5. The number of hydrogen-bond donors (Lipinski definition) is 1. The summed E-state index contributed by atoms with van der Waals surface area (Å²) in [5.41, 5.74) is 1.05. The van der Waals surface area contributed by atoms with E-state index in [0.717, 1.165) is 5.69 Å². The Morgan fingerprint density at radius 2 is 2.25 bits per heavy atom. The predicted octanol–water partition coefficient (Wildman–Crippen LogP) is -0.503. The van der Waals surface area contributed by atoms with Crippen molar-refractivity contribution in [1.29, 1.82) is 0 Å². The normalized spacial score (nSPS) is 16.1. The van der Waals surface area contributed by atoms with Crippen molar-refractivity contribution in [2.24, 2.45) is 7.05 Å². The fourth-order valence-corrected chi connectivity index (χ4v) is 1.46. The smallest absolute Gasteiger partial charge is 0.361 e. The van der Waals surface area contributed by atoms with Crippen LogP contribution in [0.2, 0.25) is 0 Å². The molecule has 5 heteroatoms. The number of nitrogens with zero attached hydrogens (tertiary/aromatic N) is 2. The molecule has 5 nitrogen and oxygen atoms in total. The molecule has 0 spiro atoms. The van der Waals surface area contributed by atoms with Gasteiger partial charge in [0.05, 0.1) is 24.6 Å². The number of imidazole rings is 1. The second-order valence-electron chi connectivity index (χ2n) is 2.85. The van der Waals surface area contributed by atoms with Gasteiger partial charge in [0.25, 0.3) is 0 Å². The van der Waals surface area contributed by atoms with Gasteiger partial charge < -0.3 is 9.94 Å². The first kappa shape index (κ1) is 7.42. The molecule has 0 atom stereocenters. The molecular formula is C7H10N2O3. The lowest BCUT2D eigenvalue weighted by atomic mass is 10.2. The summed E-state index contributed by atoms with van der Waals surface area (Å²) in [6, 6.07) is 0. The van der Waals surface area contributed by atoms with E-state index in [9.17, 15) is 10.0 Å². The van der Waals surface area contributed by atoms with Crippen LogP contribution in [0.15, 0.2) is 4.79 Å². The van der Waals surface area contributed by atoms with Crippen molar-refractivity contribution in [1.82, 2.24) is 9.30 Å².